The van der Waals surface area contributed by atoms with Crippen molar-refractivity contribution >= 4 is 22.6 Å². The third kappa shape index (κ3) is 2.17. The van der Waals surface area contributed by atoms with E-state index < -0.39 is 0 Å². The Morgan fingerprint density at radius 3 is 2.65 bits per heavy atom. The summed E-state index contributed by atoms with van der Waals surface area (Å²) in [5.74, 6) is 0.974. The molecular formula is C18H16N4O. The Kier molecular flexibility index (Phi) is 2.94. The molecule has 0 aliphatic rings. The number of rotatable bonds is 2. The number of anilines is 1. The smallest absolute Gasteiger partial charge is 0.257 e. The highest BCUT2D eigenvalue weighted by molar-refractivity contribution is 5.81. The highest BCUT2D eigenvalue weighted by atomic mass is 16.1. The van der Waals surface area contributed by atoms with E-state index in [0.29, 0.717) is 18.1 Å². The summed E-state index contributed by atoms with van der Waals surface area (Å²) < 4.78 is 3.49. The average molecular weight is 304 g/mol. The minimum absolute atomic E-state index is 0.147. The van der Waals surface area contributed by atoms with E-state index in [0.717, 1.165) is 22.2 Å². The van der Waals surface area contributed by atoms with Crippen molar-refractivity contribution in [2.45, 2.75) is 13.5 Å². The lowest BCUT2D eigenvalue weighted by molar-refractivity contribution is 0.761. The first kappa shape index (κ1) is 13.6. The van der Waals surface area contributed by atoms with Gasteiger partial charge in [-0.3, -0.25) is 13.8 Å². The van der Waals surface area contributed by atoms with E-state index in [1.807, 2.05) is 59.9 Å². The number of fused-ring (bicyclic) bond motifs is 3. The van der Waals surface area contributed by atoms with Crippen LogP contribution in [0.25, 0.3) is 16.8 Å². The highest BCUT2D eigenvalue weighted by Gasteiger charge is 2.13. The van der Waals surface area contributed by atoms with Gasteiger partial charge >= 0.3 is 0 Å². The first-order valence-electron chi connectivity index (χ1n) is 7.45. The lowest BCUT2D eigenvalue weighted by Crippen LogP contribution is -2.23. The fourth-order valence-corrected chi connectivity index (χ4v) is 2.89. The van der Waals surface area contributed by atoms with Gasteiger partial charge in [0.15, 0.2) is 0 Å². The number of hydrogen-bond donors (Lipinski definition) is 1. The number of nitrogens with two attached hydrogens (primary N) is 1. The van der Waals surface area contributed by atoms with Crippen LogP contribution < -0.4 is 11.3 Å². The van der Waals surface area contributed by atoms with E-state index in [4.69, 9.17) is 5.73 Å². The third-order valence-corrected chi connectivity index (χ3v) is 4.01. The van der Waals surface area contributed by atoms with Gasteiger partial charge in [-0.1, -0.05) is 36.4 Å². The van der Waals surface area contributed by atoms with Gasteiger partial charge in [-0.2, -0.15) is 0 Å². The maximum absolute atomic E-state index is 12.4. The maximum atomic E-state index is 12.4. The van der Waals surface area contributed by atoms with Gasteiger partial charge in [-0.05, 0) is 30.2 Å². The molecule has 2 aromatic heterocycles. The maximum Gasteiger partial charge on any atom is 0.257 e. The van der Waals surface area contributed by atoms with Gasteiger partial charge in [0.2, 0.25) is 5.78 Å². The second-order valence-electron chi connectivity index (χ2n) is 5.72. The fourth-order valence-electron chi connectivity index (χ4n) is 2.89. The number of nitrogens with zero attached hydrogens (tertiary/aromatic N) is 3. The average Bonchev–Trinajstić information content (AvgIpc) is 2.91. The molecule has 0 fully saturated rings. The standard InChI is InChI=1S/C18H16N4O/c1-12-7-8-14-15(9-12)22-16(19)10-17(23)21(18(22)20-14)11-13-5-3-2-4-6-13/h2-10H,11,19H2,1H3. The molecule has 2 aromatic carbocycles. The molecule has 5 heteroatoms. The third-order valence-electron chi connectivity index (χ3n) is 4.01. The summed E-state index contributed by atoms with van der Waals surface area (Å²) in [5, 5.41) is 0. The Morgan fingerprint density at radius 2 is 1.87 bits per heavy atom. The van der Waals surface area contributed by atoms with Gasteiger partial charge < -0.3 is 5.73 Å². The Morgan fingerprint density at radius 1 is 1.09 bits per heavy atom. The molecule has 0 aliphatic carbocycles. The summed E-state index contributed by atoms with van der Waals surface area (Å²) >= 11 is 0. The Hall–Kier alpha value is -3.08. The molecule has 2 N–H and O–H groups in total. The van der Waals surface area contributed by atoms with E-state index in [1.54, 1.807) is 4.57 Å². The van der Waals surface area contributed by atoms with Crippen LogP contribution in [-0.4, -0.2) is 14.0 Å². The molecular weight excluding hydrogens is 288 g/mol. The largest absolute Gasteiger partial charge is 0.385 e. The van der Waals surface area contributed by atoms with Crippen molar-refractivity contribution in [3.05, 3.63) is 76.1 Å². The van der Waals surface area contributed by atoms with Crippen molar-refractivity contribution in [1.82, 2.24) is 14.0 Å². The molecule has 0 atom stereocenters. The van der Waals surface area contributed by atoms with Crippen LogP contribution in [0.3, 0.4) is 0 Å². The lowest BCUT2D eigenvalue weighted by atomic mass is 10.2. The summed E-state index contributed by atoms with van der Waals surface area (Å²) in [7, 11) is 0. The first-order valence-corrected chi connectivity index (χ1v) is 7.45. The number of nitrogen functional groups attached to an aromatic ring is 1. The number of imidazole rings is 1. The summed E-state index contributed by atoms with van der Waals surface area (Å²) in [5.41, 5.74) is 9.86. The SMILES string of the molecule is Cc1ccc2nc3n(Cc4ccccc4)c(=O)cc(N)n3c2c1. The van der Waals surface area contributed by atoms with Gasteiger partial charge in [0.1, 0.15) is 5.82 Å². The Labute approximate surface area is 132 Å². The molecule has 0 radical (unpaired) electrons. The molecule has 0 spiro atoms. The van der Waals surface area contributed by atoms with E-state index in [9.17, 15) is 4.79 Å². The zero-order chi connectivity index (χ0) is 16.0. The predicted octanol–water partition coefficient (Wildman–Crippen LogP) is 2.59. The molecule has 0 saturated heterocycles. The van der Waals surface area contributed by atoms with Crippen LogP contribution in [0.2, 0.25) is 0 Å². The summed E-state index contributed by atoms with van der Waals surface area (Å²) in [6.45, 7) is 2.49. The number of aromatic nitrogens is 3. The molecule has 0 saturated carbocycles. The number of aryl methyl sites for hydroxylation is 1. The molecule has 0 bridgehead atoms. The van der Waals surface area contributed by atoms with Crippen LogP contribution in [0.15, 0.2) is 59.4 Å². The Balaban J connectivity index is 2.04. The summed E-state index contributed by atoms with van der Waals surface area (Å²) in [6.07, 6.45) is 0. The van der Waals surface area contributed by atoms with E-state index in [1.165, 1.54) is 6.07 Å². The zero-order valence-corrected chi connectivity index (χ0v) is 12.7. The van der Waals surface area contributed by atoms with Crippen molar-refractivity contribution in [3.8, 4) is 0 Å². The van der Waals surface area contributed by atoms with Crippen LogP contribution in [0, 0.1) is 6.92 Å². The van der Waals surface area contributed by atoms with Crippen molar-refractivity contribution < 1.29 is 0 Å². The van der Waals surface area contributed by atoms with Crippen LogP contribution in [0.5, 0.6) is 0 Å². The van der Waals surface area contributed by atoms with Crippen LogP contribution in [0.1, 0.15) is 11.1 Å². The molecule has 4 rings (SSSR count). The van der Waals surface area contributed by atoms with Crippen LogP contribution in [-0.2, 0) is 6.54 Å². The lowest BCUT2D eigenvalue weighted by Gasteiger charge is -2.09. The monoisotopic (exact) mass is 304 g/mol. The second-order valence-corrected chi connectivity index (χ2v) is 5.72. The summed E-state index contributed by atoms with van der Waals surface area (Å²) in [6, 6.07) is 17.3. The predicted molar refractivity (Wildman–Crippen MR) is 91.7 cm³/mol. The topological polar surface area (TPSA) is 65.3 Å². The van der Waals surface area contributed by atoms with Crippen LogP contribution in [0.4, 0.5) is 5.82 Å². The van der Waals surface area contributed by atoms with Gasteiger partial charge in [0.25, 0.3) is 5.56 Å². The second kappa shape index (κ2) is 4.98. The summed E-state index contributed by atoms with van der Waals surface area (Å²) in [4.78, 5) is 17.1. The number of benzene rings is 2. The molecule has 23 heavy (non-hydrogen) atoms. The van der Waals surface area contributed by atoms with E-state index in [2.05, 4.69) is 4.98 Å². The van der Waals surface area contributed by atoms with Gasteiger partial charge in [0, 0.05) is 6.07 Å². The molecule has 0 unspecified atom stereocenters. The van der Waals surface area contributed by atoms with Crippen molar-refractivity contribution in [2.24, 2.45) is 0 Å². The normalized spacial score (nSPS) is 11.3. The van der Waals surface area contributed by atoms with Crippen LogP contribution >= 0.6 is 0 Å². The van der Waals surface area contributed by atoms with E-state index in [-0.39, 0.29) is 5.56 Å². The van der Waals surface area contributed by atoms with Crippen molar-refractivity contribution in [1.29, 1.82) is 0 Å². The molecule has 114 valence electrons. The first-order chi connectivity index (χ1) is 11.1. The van der Waals surface area contributed by atoms with Gasteiger partial charge in [-0.15, -0.1) is 0 Å². The van der Waals surface area contributed by atoms with E-state index >= 15 is 0 Å². The molecule has 4 aromatic rings. The van der Waals surface area contributed by atoms with Crippen molar-refractivity contribution in [2.75, 3.05) is 5.73 Å². The van der Waals surface area contributed by atoms with Gasteiger partial charge in [-0.25, -0.2) is 4.98 Å². The van der Waals surface area contributed by atoms with Crippen molar-refractivity contribution in [3.63, 3.8) is 0 Å². The minimum Gasteiger partial charge on any atom is -0.385 e. The Bertz CT molecular complexity index is 1080. The quantitative estimate of drug-likeness (QED) is 0.619. The number of hydrogen-bond acceptors (Lipinski definition) is 3. The molecule has 0 amide bonds. The zero-order valence-electron chi connectivity index (χ0n) is 12.7. The molecule has 2 heterocycles. The molecule has 5 nitrogen and oxygen atoms in total. The minimum atomic E-state index is -0.147. The fraction of sp³-hybridized carbons (Fsp3) is 0.111. The van der Waals surface area contributed by atoms with Gasteiger partial charge in [0.05, 0.1) is 17.6 Å². The highest BCUT2D eigenvalue weighted by Crippen LogP contribution is 2.20. The molecule has 0 aliphatic heterocycles.